The number of aromatic hydroxyl groups is 1. The minimum absolute atomic E-state index is 0. The molecule has 2 unspecified atom stereocenters. The minimum atomic E-state index is -1.49. The lowest BCUT2D eigenvalue weighted by Gasteiger charge is -2.65. The van der Waals surface area contributed by atoms with Crippen LogP contribution in [0.2, 0.25) is 0 Å². The molecule has 0 aromatic heterocycles. The number of piperidine rings is 1. The molecule has 0 amide bonds. The first-order valence-electron chi connectivity index (χ1n) is 10.2. The van der Waals surface area contributed by atoms with Crippen molar-refractivity contribution in [2.75, 3.05) is 20.1 Å². The van der Waals surface area contributed by atoms with Crippen molar-refractivity contribution in [3.63, 3.8) is 0 Å². The number of ketones is 1. The van der Waals surface area contributed by atoms with E-state index in [2.05, 4.69) is 7.05 Å². The van der Waals surface area contributed by atoms with Gasteiger partial charge < -0.3 is 37.1 Å². The van der Waals surface area contributed by atoms with Crippen molar-refractivity contribution in [2.24, 2.45) is 5.92 Å². The van der Waals surface area contributed by atoms with Gasteiger partial charge in [-0.3, -0.25) is 4.79 Å². The summed E-state index contributed by atoms with van der Waals surface area (Å²) in [5.74, 6) is 0.231. The minimum Gasteiger partial charge on any atom is -0.504 e. The summed E-state index contributed by atoms with van der Waals surface area (Å²) in [6.45, 7) is 1.58. The summed E-state index contributed by atoms with van der Waals surface area (Å²) >= 11 is 0. The number of likely N-dealkylation sites (tertiary alicyclic amines) is 1. The van der Waals surface area contributed by atoms with Gasteiger partial charge in [-0.15, -0.1) is 0 Å². The number of likely N-dealkylation sites (N-methyl/N-ethyl adjacent to an activating group) is 1. The zero-order chi connectivity index (χ0) is 19.6. The third kappa shape index (κ3) is 2.00. The van der Waals surface area contributed by atoms with E-state index in [1.807, 2.05) is 0 Å². The number of aliphatic hydroxyl groups is 3. The summed E-state index contributed by atoms with van der Waals surface area (Å²) < 4.78 is 6.45. The second-order valence-corrected chi connectivity index (χ2v) is 9.86. The highest BCUT2D eigenvalue weighted by molar-refractivity contribution is 5.93. The number of phenolic OH excluding ortho intramolecular Hbond substituents is 1. The Morgan fingerprint density at radius 2 is 2.00 bits per heavy atom. The Kier molecular flexibility index (Phi) is 3.67. The summed E-state index contributed by atoms with van der Waals surface area (Å²) in [4.78, 5) is 12.9. The van der Waals surface area contributed by atoms with Gasteiger partial charge in [0.25, 0.3) is 0 Å². The summed E-state index contributed by atoms with van der Waals surface area (Å²) in [6.07, 6.45) is -0.595. The highest BCUT2D eigenvalue weighted by Crippen LogP contribution is 2.67. The number of Topliss-reactive ketones (excluding diaryl/α,β-unsaturated/α-hetero) is 1. The zero-order valence-electron chi connectivity index (χ0n) is 16.8. The van der Waals surface area contributed by atoms with Crippen LogP contribution in [0.5, 0.6) is 11.5 Å². The molecule has 3 aliphatic carbocycles. The first kappa shape index (κ1) is 19.3. The number of phenols is 1. The highest BCUT2D eigenvalue weighted by Gasteiger charge is 2.79. The monoisotopic (exact) mass is 403 g/mol. The first-order chi connectivity index (χ1) is 13.2. The molecule has 2 aliphatic heterocycles. The van der Waals surface area contributed by atoms with Crippen molar-refractivity contribution in [3.05, 3.63) is 30.7 Å². The van der Waals surface area contributed by atoms with Crippen LogP contribution in [0.25, 0.3) is 0 Å². The zero-order valence-corrected chi connectivity index (χ0v) is 16.8. The molecule has 2 heterocycles. The Labute approximate surface area is 170 Å². The average Bonchev–Trinajstić information content (AvgIpc) is 3.35. The molecule has 4 N–H and O–H groups in total. The van der Waals surface area contributed by atoms with Crippen LogP contribution < -0.4 is 4.74 Å². The Morgan fingerprint density at radius 3 is 2.69 bits per heavy atom. The predicted octanol–water partition coefficient (Wildman–Crippen LogP) is 0.582. The summed E-state index contributed by atoms with van der Waals surface area (Å²) in [5.41, 5.74) is -1.31. The third-order valence-electron chi connectivity index (χ3n) is 8.33. The van der Waals surface area contributed by atoms with Gasteiger partial charge in [-0.05, 0) is 24.5 Å². The number of rotatable bonds is 2. The topological polar surface area (TPSA) is 107 Å². The average molecular weight is 403 g/mol. The number of quaternary nitrogens is 1. The Hall–Kier alpha value is -1.67. The van der Waals surface area contributed by atoms with Gasteiger partial charge in [0, 0.05) is 24.3 Å². The normalized spacial score (nSPS) is 46.6. The molecular formula is C22H29NO6. The molecule has 1 saturated heterocycles. The fourth-order valence-corrected chi connectivity index (χ4v) is 7.07. The molecule has 0 radical (unpaired) electrons. The standard InChI is InChI=1S/C21H25NO6.CH3/c1-22(9-10-2-3-10)7-6-20-14-11-4-5-12(23)17(14)28-19(20)16(26)13(24)8-21(20,27)18(22)15(11)25;/h4-5,10,13,15,18-19,24-25,27H,2-3,6-9H2,1H3;1H3/q;-1/p+1/t13?,15?,18-,19+,20+,21-,22-;/m1./s1. The summed E-state index contributed by atoms with van der Waals surface area (Å²) in [6, 6.07) is 2.62. The Morgan fingerprint density at radius 1 is 1.28 bits per heavy atom. The molecular weight excluding hydrogens is 374 g/mol. The lowest BCUT2D eigenvalue weighted by molar-refractivity contribution is -0.955. The van der Waals surface area contributed by atoms with Crippen LogP contribution in [0.4, 0.5) is 0 Å². The molecule has 7 nitrogen and oxygen atoms in total. The van der Waals surface area contributed by atoms with Gasteiger partial charge >= 0.3 is 0 Å². The molecule has 7 atom stereocenters. The number of benzene rings is 1. The molecule has 3 fully saturated rings. The lowest BCUT2D eigenvalue weighted by atomic mass is 9.47. The van der Waals surface area contributed by atoms with Crippen LogP contribution >= 0.6 is 0 Å². The smallest absolute Gasteiger partial charge is 0.202 e. The second-order valence-electron chi connectivity index (χ2n) is 9.86. The van der Waals surface area contributed by atoms with Crippen molar-refractivity contribution >= 4 is 5.78 Å². The maximum atomic E-state index is 12.9. The van der Waals surface area contributed by atoms with E-state index < -0.39 is 41.2 Å². The quantitative estimate of drug-likeness (QED) is 0.425. The number of aliphatic hydroxyl groups excluding tert-OH is 2. The SMILES string of the molecule is C[N@+]1(CC2CC2)CC[C@]23c4c5ccc(O)c4O[C@H]2C(=O)C(O)C[C@@]3(O)[C@H]1C5O.[CH3-]. The molecule has 1 spiro atoms. The molecule has 7 heteroatoms. The van der Waals surface area contributed by atoms with Crippen molar-refractivity contribution in [1.82, 2.24) is 0 Å². The van der Waals surface area contributed by atoms with Crippen molar-refractivity contribution in [2.45, 2.75) is 61.1 Å². The van der Waals surface area contributed by atoms with Gasteiger partial charge in [0.05, 0.1) is 25.6 Å². The molecule has 2 saturated carbocycles. The molecule has 1 aromatic rings. The van der Waals surface area contributed by atoms with E-state index in [1.165, 1.54) is 18.9 Å². The molecule has 6 rings (SSSR count). The number of ether oxygens (including phenoxy) is 1. The van der Waals surface area contributed by atoms with Crippen LogP contribution in [-0.4, -0.2) is 74.7 Å². The fourth-order valence-electron chi connectivity index (χ4n) is 7.07. The van der Waals surface area contributed by atoms with Gasteiger partial charge in [-0.2, -0.15) is 0 Å². The van der Waals surface area contributed by atoms with Crippen molar-refractivity contribution in [1.29, 1.82) is 0 Å². The number of hydrogen-bond acceptors (Lipinski definition) is 6. The van der Waals surface area contributed by atoms with Gasteiger partial charge in [0.15, 0.2) is 17.6 Å². The molecule has 29 heavy (non-hydrogen) atoms. The number of carbonyl (C=O) groups excluding carboxylic acids is 1. The second kappa shape index (κ2) is 5.52. The Bertz CT molecular complexity index is 915. The van der Waals surface area contributed by atoms with Crippen molar-refractivity contribution in [3.8, 4) is 11.5 Å². The number of nitrogens with zero attached hydrogens (tertiary/aromatic N) is 1. The number of hydrogen-bond donors (Lipinski definition) is 4. The van der Waals surface area contributed by atoms with E-state index in [0.717, 1.165) is 6.54 Å². The van der Waals surface area contributed by atoms with Crippen molar-refractivity contribution < 1.29 is 34.4 Å². The van der Waals surface area contributed by atoms with E-state index in [-0.39, 0.29) is 25.3 Å². The van der Waals surface area contributed by atoms with Crippen LogP contribution in [0.3, 0.4) is 0 Å². The maximum absolute atomic E-state index is 12.9. The molecule has 2 bridgehead atoms. The van der Waals surface area contributed by atoms with E-state index in [9.17, 15) is 25.2 Å². The van der Waals surface area contributed by atoms with E-state index in [1.54, 1.807) is 6.07 Å². The van der Waals surface area contributed by atoms with Gasteiger partial charge in [0.2, 0.25) is 5.78 Å². The van der Waals surface area contributed by atoms with Crippen LogP contribution in [0, 0.1) is 13.3 Å². The molecule has 1 aromatic carbocycles. The lowest BCUT2D eigenvalue weighted by Crippen LogP contribution is -2.83. The van der Waals surface area contributed by atoms with Gasteiger partial charge in [-0.25, -0.2) is 0 Å². The van der Waals surface area contributed by atoms with Gasteiger partial charge in [0.1, 0.15) is 23.9 Å². The maximum Gasteiger partial charge on any atom is 0.202 e. The first-order valence-corrected chi connectivity index (χ1v) is 10.2. The number of carbonyl (C=O) groups is 1. The largest absolute Gasteiger partial charge is 0.504 e. The predicted molar refractivity (Wildman–Crippen MR) is 103 cm³/mol. The fraction of sp³-hybridized carbons (Fsp3) is 0.636. The molecule has 5 aliphatic rings. The summed E-state index contributed by atoms with van der Waals surface area (Å²) in [5, 5.41) is 44.5. The van der Waals surface area contributed by atoms with Crippen LogP contribution in [0.15, 0.2) is 12.1 Å². The summed E-state index contributed by atoms with van der Waals surface area (Å²) in [7, 11) is 2.08. The van der Waals surface area contributed by atoms with Gasteiger partial charge in [-0.1, -0.05) is 6.07 Å². The van der Waals surface area contributed by atoms with E-state index in [0.29, 0.717) is 34.5 Å². The Balaban J connectivity index is 0.00000181. The molecule has 158 valence electrons. The van der Waals surface area contributed by atoms with E-state index >= 15 is 0 Å². The highest BCUT2D eigenvalue weighted by atomic mass is 16.5. The van der Waals surface area contributed by atoms with Crippen LogP contribution in [-0.2, 0) is 10.2 Å². The van der Waals surface area contributed by atoms with E-state index in [4.69, 9.17) is 4.74 Å². The third-order valence-corrected chi connectivity index (χ3v) is 8.33. The van der Waals surface area contributed by atoms with Crippen LogP contribution in [0.1, 0.15) is 42.9 Å².